The van der Waals surface area contributed by atoms with Gasteiger partial charge in [-0.25, -0.2) is 0 Å². The fraction of sp³-hybridized carbons (Fsp3) is 0.800. The van der Waals surface area contributed by atoms with E-state index in [2.05, 4.69) is 0 Å². The third-order valence-corrected chi connectivity index (χ3v) is 2.86. The third-order valence-electron chi connectivity index (χ3n) is 2.38. The van der Waals surface area contributed by atoms with Gasteiger partial charge in [-0.05, 0) is 26.2 Å². The van der Waals surface area contributed by atoms with Crippen molar-refractivity contribution in [2.45, 2.75) is 39.0 Å². The molecule has 0 radical (unpaired) electrons. The Morgan fingerprint density at radius 1 is 1.54 bits per heavy atom. The van der Waals surface area contributed by atoms with E-state index in [-0.39, 0.29) is 11.9 Å². The lowest BCUT2D eigenvalue weighted by Crippen LogP contribution is -2.23. The highest BCUT2D eigenvalue weighted by atomic mass is 32.1. The maximum absolute atomic E-state index is 11.5. The van der Waals surface area contributed by atoms with E-state index in [9.17, 15) is 4.79 Å². The number of hydrogen-bond acceptors (Lipinski definition) is 3. The lowest BCUT2D eigenvalue weighted by atomic mass is 10.0. The molecule has 1 aliphatic carbocycles. The molecule has 2 nitrogen and oxygen atoms in total. The van der Waals surface area contributed by atoms with E-state index in [0.717, 1.165) is 30.5 Å². The van der Waals surface area contributed by atoms with Crippen molar-refractivity contribution in [1.82, 2.24) is 0 Å². The Morgan fingerprint density at radius 3 is 3.00 bits per heavy atom. The first-order chi connectivity index (χ1) is 6.25. The molecule has 3 heteroatoms. The monoisotopic (exact) mass is 200 g/mol. The molecule has 0 bridgehead atoms. The van der Waals surface area contributed by atoms with Gasteiger partial charge in [-0.15, -0.1) is 0 Å². The summed E-state index contributed by atoms with van der Waals surface area (Å²) in [6.07, 6.45) is 5.23. The average Bonchev–Trinajstić information content (AvgIpc) is 2.30. The van der Waals surface area contributed by atoms with Crippen molar-refractivity contribution in [1.29, 1.82) is 0 Å². The van der Waals surface area contributed by atoms with Gasteiger partial charge in [0.2, 0.25) is 0 Å². The maximum atomic E-state index is 11.5. The maximum Gasteiger partial charge on any atom is 0.313 e. The van der Waals surface area contributed by atoms with E-state index in [1.807, 2.05) is 6.92 Å². The molecule has 13 heavy (non-hydrogen) atoms. The summed E-state index contributed by atoms with van der Waals surface area (Å²) in [4.78, 5) is 12.4. The molecule has 0 aliphatic heterocycles. The van der Waals surface area contributed by atoms with Crippen LogP contribution >= 0.6 is 12.2 Å². The highest BCUT2D eigenvalue weighted by molar-refractivity contribution is 7.80. The Balaban J connectivity index is 2.53. The lowest BCUT2D eigenvalue weighted by Gasteiger charge is -2.12. The van der Waals surface area contributed by atoms with Gasteiger partial charge in [0.05, 0.1) is 12.5 Å². The van der Waals surface area contributed by atoms with Gasteiger partial charge < -0.3 is 4.74 Å². The zero-order valence-electron chi connectivity index (χ0n) is 8.04. The van der Waals surface area contributed by atoms with E-state index in [4.69, 9.17) is 17.0 Å². The van der Waals surface area contributed by atoms with Gasteiger partial charge in [0.25, 0.3) is 0 Å². The minimum absolute atomic E-state index is 0.0996. The van der Waals surface area contributed by atoms with Crippen molar-refractivity contribution in [3.05, 3.63) is 0 Å². The molecule has 74 valence electrons. The molecular weight excluding hydrogens is 184 g/mol. The average molecular weight is 200 g/mol. The Kier molecular flexibility index (Phi) is 4.36. The van der Waals surface area contributed by atoms with Crippen LogP contribution < -0.4 is 0 Å². The minimum atomic E-state index is -0.116. The first-order valence-electron chi connectivity index (χ1n) is 4.95. The van der Waals surface area contributed by atoms with E-state index >= 15 is 0 Å². The standard InChI is InChI=1S/C10H16O2S/c1-2-12-10(11)8-6-4-3-5-7-9(8)13/h8H,2-7H2,1H3. The quantitative estimate of drug-likeness (QED) is 0.389. The number of ether oxygens (including phenoxy) is 1. The number of rotatable bonds is 2. The predicted octanol–water partition coefficient (Wildman–Crippen LogP) is 2.50. The molecule has 1 rings (SSSR count). The number of thiocarbonyl (C=S) groups is 1. The molecule has 1 saturated carbocycles. The highest BCUT2D eigenvalue weighted by Gasteiger charge is 2.25. The molecule has 0 aromatic carbocycles. The first kappa shape index (κ1) is 10.6. The number of carbonyl (C=O) groups is 1. The zero-order chi connectivity index (χ0) is 9.68. The number of esters is 1. The normalized spacial score (nSPS) is 23.8. The fourth-order valence-electron chi connectivity index (χ4n) is 1.65. The summed E-state index contributed by atoms with van der Waals surface area (Å²) < 4.78 is 4.98. The SMILES string of the molecule is CCOC(=O)C1CCCCCC1=S. The second kappa shape index (κ2) is 5.32. The van der Waals surface area contributed by atoms with Crippen molar-refractivity contribution in [3.8, 4) is 0 Å². The molecule has 1 atom stereocenters. The summed E-state index contributed by atoms with van der Waals surface area (Å²) in [5.41, 5.74) is 0. The molecule has 1 fully saturated rings. The molecular formula is C10H16O2S. The second-order valence-electron chi connectivity index (χ2n) is 3.37. The van der Waals surface area contributed by atoms with Crippen molar-refractivity contribution < 1.29 is 9.53 Å². The lowest BCUT2D eigenvalue weighted by molar-refractivity contribution is -0.145. The zero-order valence-corrected chi connectivity index (χ0v) is 8.86. The Hall–Kier alpha value is -0.440. The Morgan fingerprint density at radius 2 is 2.31 bits per heavy atom. The topological polar surface area (TPSA) is 26.3 Å². The van der Waals surface area contributed by atoms with Crippen LogP contribution in [0.15, 0.2) is 0 Å². The van der Waals surface area contributed by atoms with Gasteiger partial charge in [-0.1, -0.05) is 25.1 Å². The number of hydrogen-bond donors (Lipinski definition) is 0. The van der Waals surface area contributed by atoms with E-state index in [1.54, 1.807) is 0 Å². The van der Waals surface area contributed by atoms with Crippen LogP contribution in [0.5, 0.6) is 0 Å². The summed E-state index contributed by atoms with van der Waals surface area (Å²) in [7, 11) is 0. The molecule has 1 unspecified atom stereocenters. The van der Waals surface area contributed by atoms with E-state index in [0.29, 0.717) is 6.61 Å². The molecule has 0 heterocycles. The summed E-state index contributed by atoms with van der Waals surface area (Å²) >= 11 is 5.20. The largest absolute Gasteiger partial charge is 0.466 e. The minimum Gasteiger partial charge on any atom is -0.466 e. The summed E-state index contributed by atoms with van der Waals surface area (Å²) in [5.74, 6) is -0.216. The van der Waals surface area contributed by atoms with Crippen LogP contribution in [-0.2, 0) is 9.53 Å². The van der Waals surface area contributed by atoms with Gasteiger partial charge in [-0.3, -0.25) is 4.79 Å². The van der Waals surface area contributed by atoms with Crippen molar-refractivity contribution >= 4 is 23.1 Å². The van der Waals surface area contributed by atoms with Crippen LogP contribution in [0, 0.1) is 5.92 Å². The third kappa shape index (κ3) is 3.07. The fourth-order valence-corrected chi connectivity index (χ4v) is 2.01. The molecule has 0 aromatic rings. The molecule has 0 spiro atoms. The molecule has 1 aliphatic rings. The smallest absolute Gasteiger partial charge is 0.313 e. The molecule has 0 saturated heterocycles. The molecule has 0 amide bonds. The summed E-state index contributed by atoms with van der Waals surface area (Å²) in [6, 6.07) is 0. The summed E-state index contributed by atoms with van der Waals surface area (Å²) in [5, 5.41) is 0. The van der Waals surface area contributed by atoms with Crippen LogP contribution in [0.4, 0.5) is 0 Å². The Bertz CT molecular complexity index is 201. The van der Waals surface area contributed by atoms with Crippen LogP contribution in [0.1, 0.15) is 39.0 Å². The Labute approximate surface area is 84.7 Å². The van der Waals surface area contributed by atoms with E-state index < -0.39 is 0 Å². The van der Waals surface area contributed by atoms with Crippen molar-refractivity contribution in [3.63, 3.8) is 0 Å². The van der Waals surface area contributed by atoms with Gasteiger partial charge in [0, 0.05) is 4.86 Å². The van der Waals surface area contributed by atoms with Gasteiger partial charge in [0.1, 0.15) is 0 Å². The number of carbonyl (C=O) groups excluding carboxylic acids is 1. The molecule has 0 N–H and O–H groups in total. The first-order valence-corrected chi connectivity index (χ1v) is 5.36. The predicted molar refractivity (Wildman–Crippen MR) is 55.8 cm³/mol. The van der Waals surface area contributed by atoms with Gasteiger partial charge >= 0.3 is 5.97 Å². The summed E-state index contributed by atoms with van der Waals surface area (Å²) in [6.45, 7) is 2.29. The van der Waals surface area contributed by atoms with Crippen LogP contribution in [0.25, 0.3) is 0 Å². The highest BCUT2D eigenvalue weighted by Crippen LogP contribution is 2.22. The van der Waals surface area contributed by atoms with Gasteiger partial charge in [0.15, 0.2) is 0 Å². The van der Waals surface area contributed by atoms with Crippen LogP contribution in [0.3, 0.4) is 0 Å². The van der Waals surface area contributed by atoms with E-state index in [1.165, 1.54) is 6.42 Å². The second-order valence-corrected chi connectivity index (χ2v) is 3.89. The van der Waals surface area contributed by atoms with Gasteiger partial charge in [-0.2, -0.15) is 0 Å². The van der Waals surface area contributed by atoms with Crippen LogP contribution in [0.2, 0.25) is 0 Å². The van der Waals surface area contributed by atoms with Crippen LogP contribution in [-0.4, -0.2) is 17.4 Å². The molecule has 0 aromatic heterocycles. The van der Waals surface area contributed by atoms with Crippen molar-refractivity contribution in [2.75, 3.05) is 6.61 Å². The van der Waals surface area contributed by atoms with Crippen molar-refractivity contribution in [2.24, 2.45) is 5.92 Å².